The maximum atomic E-state index is 5.60. The summed E-state index contributed by atoms with van der Waals surface area (Å²) in [6.45, 7) is 4.00. The first kappa shape index (κ1) is 13.6. The Morgan fingerprint density at radius 2 is 1.81 bits per heavy atom. The fourth-order valence-corrected chi connectivity index (χ4v) is 2.60. The lowest BCUT2D eigenvalue weighted by atomic mass is 10.3. The Hall–Kier alpha value is -0.420. The smallest absolute Gasteiger partial charge is 0.0324 e. The van der Waals surface area contributed by atoms with Crippen LogP contribution in [0.4, 0.5) is 0 Å². The van der Waals surface area contributed by atoms with E-state index in [1.807, 2.05) is 11.3 Å². The Labute approximate surface area is 103 Å². The van der Waals surface area contributed by atoms with Crippen LogP contribution in [0.15, 0.2) is 12.1 Å². The summed E-state index contributed by atoms with van der Waals surface area (Å²) in [4.78, 5) is 7.28. The standard InChI is InChI=1S/C12H23N3S/c1-14(2)7-4-8-15(3)10-12-6-5-11(9-13)16-12/h5-6H,4,7-10,13H2,1-3H3. The second-order valence-corrected chi connectivity index (χ2v) is 5.72. The van der Waals surface area contributed by atoms with Gasteiger partial charge in [0.25, 0.3) is 0 Å². The Kier molecular flexibility index (Phi) is 5.98. The van der Waals surface area contributed by atoms with Gasteiger partial charge in [-0.05, 0) is 52.8 Å². The number of nitrogens with two attached hydrogens (primary N) is 1. The fourth-order valence-electron chi connectivity index (χ4n) is 1.62. The summed E-state index contributed by atoms with van der Waals surface area (Å²) in [6, 6.07) is 4.32. The molecule has 4 heteroatoms. The first-order chi connectivity index (χ1) is 7.61. The Bertz CT molecular complexity index is 296. The second-order valence-electron chi connectivity index (χ2n) is 4.47. The Balaban J connectivity index is 2.25. The molecule has 0 atom stereocenters. The van der Waals surface area contributed by atoms with Gasteiger partial charge in [-0.2, -0.15) is 0 Å². The van der Waals surface area contributed by atoms with Crippen LogP contribution < -0.4 is 5.73 Å². The van der Waals surface area contributed by atoms with E-state index in [1.165, 1.54) is 16.2 Å². The molecule has 1 aromatic rings. The molecule has 2 N–H and O–H groups in total. The molecule has 0 bridgehead atoms. The van der Waals surface area contributed by atoms with E-state index in [1.54, 1.807) is 0 Å². The zero-order chi connectivity index (χ0) is 12.0. The van der Waals surface area contributed by atoms with Crippen molar-refractivity contribution < 1.29 is 0 Å². The van der Waals surface area contributed by atoms with E-state index in [4.69, 9.17) is 5.73 Å². The monoisotopic (exact) mass is 241 g/mol. The highest BCUT2D eigenvalue weighted by Crippen LogP contribution is 2.17. The van der Waals surface area contributed by atoms with Crippen molar-refractivity contribution in [3.05, 3.63) is 21.9 Å². The molecule has 0 saturated heterocycles. The summed E-state index contributed by atoms with van der Waals surface area (Å²) in [7, 11) is 6.41. The highest BCUT2D eigenvalue weighted by atomic mass is 32.1. The molecule has 0 fully saturated rings. The summed E-state index contributed by atoms with van der Waals surface area (Å²) < 4.78 is 0. The minimum absolute atomic E-state index is 0.662. The van der Waals surface area contributed by atoms with Gasteiger partial charge in [0, 0.05) is 22.8 Å². The average molecular weight is 241 g/mol. The van der Waals surface area contributed by atoms with Crippen molar-refractivity contribution in [2.45, 2.75) is 19.5 Å². The molecule has 0 saturated carbocycles. The van der Waals surface area contributed by atoms with Crippen LogP contribution in [-0.4, -0.2) is 44.0 Å². The molecule has 3 nitrogen and oxygen atoms in total. The van der Waals surface area contributed by atoms with Crippen LogP contribution in [0.25, 0.3) is 0 Å². The van der Waals surface area contributed by atoms with Crippen molar-refractivity contribution in [3.8, 4) is 0 Å². The first-order valence-electron chi connectivity index (χ1n) is 5.72. The highest BCUT2D eigenvalue weighted by molar-refractivity contribution is 7.11. The summed E-state index contributed by atoms with van der Waals surface area (Å²) in [5.74, 6) is 0. The molecule has 0 spiro atoms. The molecule has 1 heterocycles. The average Bonchev–Trinajstić information content (AvgIpc) is 2.65. The predicted molar refractivity (Wildman–Crippen MR) is 71.7 cm³/mol. The normalized spacial score (nSPS) is 11.6. The molecule has 0 unspecified atom stereocenters. The number of hydrogen-bond acceptors (Lipinski definition) is 4. The third-order valence-electron chi connectivity index (χ3n) is 2.49. The Morgan fingerprint density at radius 1 is 1.12 bits per heavy atom. The quantitative estimate of drug-likeness (QED) is 0.787. The molecule has 0 aliphatic carbocycles. The lowest BCUT2D eigenvalue weighted by Crippen LogP contribution is -2.23. The molecule has 92 valence electrons. The SMILES string of the molecule is CN(C)CCCN(C)Cc1ccc(CN)s1. The second kappa shape index (κ2) is 7.01. The first-order valence-corrected chi connectivity index (χ1v) is 6.54. The predicted octanol–water partition coefficient (Wildman–Crippen LogP) is 1.59. The van der Waals surface area contributed by atoms with Gasteiger partial charge in [0.05, 0.1) is 0 Å². The van der Waals surface area contributed by atoms with Gasteiger partial charge in [0.15, 0.2) is 0 Å². The van der Waals surface area contributed by atoms with E-state index >= 15 is 0 Å². The van der Waals surface area contributed by atoms with Gasteiger partial charge in [-0.3, -0.25) is 0 Å². The topological polar surface area (TPSA) is 32.5 Å². The molecule has 0 aliphatic rings. The van der Waals surface area contributed by atoms with Crippen molar-refractivity contribution in [2.24, 2.45) is 5.73 Å². The maximum absolute atomic E-state index is 5.60. The van der Waals surface area contributed by atoms with Crippen LogP contribution in [-0.2, 0) is 13.1 Å². The van der Waals surface area contributed by atoms with Gasteiger partial charge in [-0.15, -0.1) is 11.3 Å². The minimum Gasteiger partial charge on any atom is -0.326 e. The largest absolute Gasteiger partial charge is 0.326 e. The van der Waals surface area contributed by atoms with E-state index in [0.717, 1.165) is 19.6 Å². The van der Waals surface area contributed by atoms with E-state index in [0.29, 0.717) is 6.54 Å². The van der Waals surface area contributed by atoms with Gasteiger partial charge in [0.1, 0.15) is 0 Å². The summed E-state index contributed by atoms with van der Waals surface area (Å²) >= 11 is 1.82. The van der Waals surface area contributed by atoms with Gasteiger partial charge in [-0.1, -0.05) is 0 Å². The number of nitrogens with zero attached hydrogens (tertiary/aromatic N) is 2. The van der Waals surface area contributed by atoms with Crippen LogP contribution >= 0.6 is 11.3 Å². The lowest BCUT2D eigenvalue weighted by Gasteiger charge is -2.17. The van der Waals surface area contributed by atoms with Gasteiger partial charge in [0.2, 0.25) is 0 Å². The molecular weight excluding hydrogens is 218 g/mol. The van der Waals surface area contributed by atoms with Crippen LogP contribution in [0.1, 0.15) is 16.2 Å². The van der Waals surface area contributed by atoms with Crippen molar-refractivity contribution in [1.82, 2.24) is 9.80 Å². The zero-order valence-corrected chi connectivity index (χ0v) is 11.4. The van der Waals surface area contributed by atoms with E-state index < -0.39 is 0 Å². The van der Waals surface area contributed by atoms with Crippen molar-refractivity contribution in [3.63, 3.8) is 0 Å². The van der Waals surface area contributed by atoms with Crippen LogP contribution in [0, 0.1) is 0 Å². The number of thiophene rings is 1. The summed E-state index contributed by atoms with van der Waals surface area (Å²) in [6.07, 6.45) is 1.22. The van der Waals surface area contributed by atoms with E-state index in [-0.39, 0.29) is 0 Å². The van der Waals surface area contributed by atoms with Crippen molar-refractivity contribution >= 4 is 11.3 Å². The Morgan fingerprint density at radius 3 is 2.38 bits per heavy atom. The highest BCUT2D eigenvalue weighted by Gasteiger charge is 2.03. The number of hydrogen-bond donors (Lipinski definition) is 1. The maximum Gasteiger partial charge on any atom is 0.0324 e. The minimum atomic E-state index is 0.662. The summed E-state index contributed by atoms with van der Waals surface area (Å²) in [5, 5.41) is 0. The summed E-state index contributed by atoms with van der Waals surface area (Å²) in [5.41, 5.74) is 5.60. The van der Waals surface area contributed by atoms with Gasteiger partial charge < -0.3 is 15.5 Å². The van der Waals surface area contributed by atoms with E-state index in [2.05, 4.69) is 43.1 Å². The van der Waals surface area contributed by atoms with Gasteiger partial charge >= 0.3 is 0 Å². The van der Waals surface area contributed by atoms with Crippen LogP contribution in [0.2, 0.25) is 0 Å². The molecule has 16 heavy (non-hydrogen) atoms. The van der Waals surface area contributed by atoms with E-state index in [9.17, 15) is 0 Å². The molecule has 1 rings (SSSR count). The fraction of sp³-hybridized carbons (Fsp3) is 0.667. The van der Waals surface area contributed by atoms with Gasteiger partial charge in [-0.25, -0.2) is 0 Å². The molecule has 0 aliphatic heterocycles. The number of rotatable bonds is 7. The third kappa shape index (κ3) is 5.07. The third-order valence-corrected chi connectivity index (χ3v) is 3.58. The molecular formula is C12H23N3S. The molecule has 0 aromatic carbocycles. The molecule has 0 radical (unpaired) electrons. The van der Waals surface area contributed by atoms with Crippen molar-refractivity contribution in [2.75, 3.05) is 34.2 Å². The van der Waals surface area contributed by atoms with Crippen molar-refractivity contribution in [1.29, 1.82) is 0 Å². The lowest BCUT2D eigenvalue weighted by molar-refractivity contribution is 0.296. The van der Waals surface area contributed by atoms with Crippen LogP contribution in [0.3, 0.4) is 0 Å². The zero-order valence-electron chi connectivity index (χ0n) is 10.6. The van der Waals surface area contributed by atoms with Crippen LogP contribution in [0.5, 0.6) is 0 Å². The molecule has 0 amide bonds. The molecule has 1 aromatic heterocycles.